The molecule has 0 saturated carbocycles. The van der Waals surface area contributed by atoms with Crippen molar-refractivity contribution in [3.63, 3.8) is 0 Å². The molecule has 0 aliphatic rings. The second-order valence-electron chi connectivity index (χ2n) is 2.56. The fourth-order valence-electron chi connectivity index (χ4n) is 1.05. The SMILES string of the molecule is O=S([O-])c1cncc(-n2cccn2)c1. The lowest BCUT2D eigenvalue weighted by Gasteiger charge is -2.06. The minimum atomic E-state index is -2.25. The smallest absolute Gasteiger partial charge is 0.0840 e. The van der Waals surface area contributed by atoms with E-state index in [2.05, 4.69) is 10.1 Å². The zero-order chi connectivity index (χ0) is 9.97. The van der Waals surface area contributed by atoms with Crippen LogP contribution in [0.1, 0.15) is 0 Å². The van der Waals surface area contributed by atoms with Crippen molar-refractivity contribution >= 4 is 11.1 Å². The van der Waals surface area contributed by atoms with Gasteiger partial charge < -0.3 is 4.55 Å². The summed E-state index contributed by atoms with van der Waals surface area (Å²) in [5.74, 6) is 0. The Kier molecular flexibility index (Phi) is 2.38. The van der Waals surface area contributed by atoms with Crippen LogP contribution in [0.2, 0.25) is 0 Å². The Hall–Kier alpha value is -1.53. The van der Waals surface area contributed by atoms with Crippen molar-refractivity contribution in [2.75, 3.05) is 0 Å². The summed E-state index contributed by atoms with van der Waals surface area (Å²) >= 11 is -2.25. The predicted octanol–water partition coefficient (Wildman–Crippen LogP) is 0.505. The van der Waals surface area contributed by atoms with E-state index < -0.39 is 11.1 Å². The lowest BCUT2D eigenvalue weighted by molar-refractivity contribution is 0.536. The summed E-state index contributed by atoms with van der Waals surface area (Å²) in [7, 11) is 0. The monoisotopic (exact) mass is 208 g/mol. The van der Waals surface area contributed by atoms with E-state index in [9.17, 15) is 8.76 Å². The van der Waals surface area contributed by atoms with Crippen molar-refractivity contribution in [3.05, 3.63) is 36.9 Å². The Morgan fingerprint density at radius 1 is 1.43 bits per heavy atom. The Morgan fingerprint density at radius 2 is 2.29 bits per heavy atom. The van der Waals surface area contributed by atoms with Crippen molar-refractivity contribution in [3.8, 4) is 5.69 Å². The van der Waals surface area contributed by atoms with Crippen LogP contribution in [0.3, 0.4) is 0 Å². The first-order valence-electron chi connectivity index (χ1n) is 3.82. The highest BCUT2D eigenvalue weighted by Crippen LogP contribution is 2.09. The molecule has 1 unspecified atom stereocenters. The number of pyridine rings is 1. The number of aromatic nitrogens is 3. The van der Waals surface area contributed by atoms with Crippen LogP contribution in [0, 0.1) is 0 Å². The van der Waals surface area contributed by atoms with E-state index in [1.807, 2.05) is 0 Å². The Bertz CT molecular complexity index is 455. The van der Waals surface area contributed by atoms with Crippen LogP contribution >= 0.6 is 0 Å². The molecule has 0 bridgehead atoms. The van der Waals surface area contributed by atoms with Gasteiger partial charge in [-0.2, -0.15) is 5.10 Å². The van der Waals surface area contributed by atoms with E-state index in [1.54, 1.807) is 29.3 Å². The van der Waals surface area contributed by atoms with Gasteiger partial charge in [-0.25, -0.2) is 4.68 Å². The summed E-state index contributed by atoms with van der Waals surface area (Å²) < 4.78 is 22.9. The van der Waals surface area contributed by atoms with E-state index in [4.69, 9.17) is 0 Å². The van der Waals surface area contributed by atoms with E-state index in [0.29, 0.717) is 5.69 Å². The van der Waals surface area contributed by atoms with Gasteiger partial charge in [-0.05, 0) is 23.2 Å². The number of nitrogens with zero attached hydrogens (tertiary/aromatic N) is 3. The summed E-state index contributed by atoms with van der Waals surface area (Å²) in [5, 5.41) is 3.96. The minimum Gasteiger partial charge on any atom is -0.768 e. The molecule has 5 nitrogen and oxygen atoms in total. The van der Waals surface area contributed by atoms with Gasteiger partial charge in [0.05, 0.1) is 11.9 Å². The summed E-state index contributed by atoms with van der Waals surface area (Å²) in [6, 6.07) is 3.25. The maximum Gasteiger partial charge on any atom is 0.0840 e. The Labute approximate surface area is 82.7 Å². The van der Waals surface area contributed by atoms with Crippen LogP contribution in [0.25, 0.3) is 5.69 Å². The molecule has 0 aromatic carbocycles. The fourth-order valence-corrected chi connectivity index (χ4v) is 1.41. The highest BCUT2D eigenvalue weighted by Gasteiger charge is 1.98. The van der Waals surface area contributed by atoms with Crippen LogP contribution in [-0.2, 0) is 11.1 Å². The Balaban J connectivity index is 2.46. The second-order valence-corrected chi connectivity index (χ2v) is 3.51. The summed E-state index contributed by atoms with van der Waals surface area (Å²) in [6.07, 6.45) is 6.16. The molecule has 6 heteroatoms. The molecule has 0 spiro atoms. The fraction of sp³-hybridized carbons (Fsp3) is 0. The van der Waals surface area contributed by atoms with Gasteiger partial charge in [-0.1, -0.05) is 0 Å². The number of hydrogen-bond donors (Lipinski definition) is 0. The maximum atomic E-state index is 10.7. The van der Waals surface area contributed by atoms with Gasteiger partial charge in [0.25, 0.3) is 0 Å². The average Bonchev–Trinajstić information content (AvgIpc) is 2.71. The molecule has 2 rings (SSSR count). The molecule has 0 aliphatic heterocycles. The van der Waals surface area contributed by atoms with Crippen LogP contribution in [0.4, 0.5) is 0 Å². The van der Waals surface area contributed by atoms with Crippen molar-refractivity contribution in [2.24, 2.45) is 0 Å². The molecule has 0 aliphatic carbocycles. The minimum absolute atomic E-state index is 0.151. The van der Waals surface area contributed by atoms with Gasteiger partial charge in [-0.15, -0.1) is 0 Å². The van der Waals surface area contributed by atoms with Crippen molar-refractivity contribution in [1.29, 1.82) is 0 Å². The molecule has 2 aromatic rings. The van der Waals surface area contributed by atoms with Crippen molar-refractivity contribution < 1.29 is 8.76 Å². The van der Waals surface area contributed by atoms with E-state index in [0.717, 1.165) is 0 Å². The highest BCUT2D eigenvalue weighted by atomic mass is 32.2. The normalized spacial score (nSPS) is 12.6. The molecular weight excluding hydrogens is 202 g/mol. The lowest BCUT2D eigenvalue weighted by atomic mass is 10.4. The summed E-state index contributed by atoms with van der Waals surface area (Å²) in [5.41, 5.74) is 0.622. The van der Waals surface area contributed by atoms with Crippen molar-refractivity contribution in [1.82, 2.24) is 14.8 Å². The zero-order valence-electron chi connectivity index (χ0n) is 7.03. The largest absolute Gasteiger partial charge is 0.768 e. The molecule has 0 fully saturated rings. The van der Waals surface area contributed by atoms with E-state index in [-0.39, 0.29) is 4.90 Å². The molecular formula is C8H6N3O2S-. The first kappa shape index (κ1) is 9.04. The van der Waals surface area contributed by atoms with Gasteiger partial charge in [0.2, 0.25) is 0 Å². The third-order valence-corrected chi connectivity index (χ3v) is 2.27. The molecule has 2 aromatic heterocycles. The first-order valence-corrected chi connectivity index (χ1v) is 4.89. The zero-order valence-corrected chi connectivity index (χ0v) is 7.85. The average molecular weight is 208 g/mol. The third-order valence-electron chi connectivity index (χ3n) is 1.66. The van der Waals surface area contributed by atoms with Gasteiger partial charge in [0.1, 0.15) is 0 Å². The number of hydrogen-bond acceptors (Lipinski definition) is 4. The van der Waals surface area contributed by atoms with E-state index in [1.165, 1.54) is 12.3 Å². The molecule has 2 heterocycles. The molecule has 14 heavy (non-hydrogen) atoms. The molecule has 0 saturated heterocycles. The van der Waals surface area contributed by atoms with Crippen LogP contribution in [-0.4, -0.2) is 23.5 Å². The van der Waals surface area contributed by atoms with Crippen LogP contribution in [0.5, 0.6) is 0 Å². The molecule has 0 amide bonds. The molecule has 0 N–H and O–H groups in total. The predicted molar refractivity (Wildman–Crippen MR) is 48.5 cm³/mol. The van der Waals surface area contributed by atoms with Gasteiger partial charge in [0, 0.05) is 23.5 Å². The van der Waals surface area contributed by atoms with Crippen LogP contribution in [0.15, 0.2) is 41.8 Å². The quantitative estimate of drug-likeness (QED) is 0.674. The summed E-state index contributed by atoms with van der Waals surface area (Å²) in [6.45, 7) is 0. The number of rotatable bonds is 2. The summed E-state index contributed by atoms with van der Waals surface area (Å²) in [4.78, 5) is 3.96. The van der Waals surface area contributed by atoms with E-state index >= 15 is 0 Å². The van der Waals surface area contributed by atoms with Gasteiger partial charge in [0.15, 0.2) is 0 Å². The molecule has 72 valence electrons. The molecule has 0 radical (unpaired) electrons. The second kappa shape index (κ2) is 3.69. The topological polar surface area (TPSA) is 70.8 Å². The lowest BCUT2D eigenvalue weighted by Crippen LogP contribution is -1.98. The van der Waals surface area contributed by atoms with Crippen molar-refractivity contribution in [2.45, 2.75) is 4.90 Å². The van der Waals surface area contributed by atoms with Gasteiger partial charge >= 0.3 is 0 Å². The van der Waals surface area contributed by atoms with Crippen LogP contribution < -0.4 is 0 Å². The maximum absolute atomic E-state index is 10.7. The molecule has 1 atom stereocenters. The van der Waals surface area contributed by atoms with Gasteiger partial charge in [-0.3, -0.25) is 9.19 Å². The first-order chi connectivity index (χ1) is 6.77. The standard InChI is InChI=1S/C8H7N3O2S/c12-14(13)8-4-7(5-9-6-8)11-3-1-2-10-11/h1-6H,(H,12,13)/p-1. The Morgan fingerprint density at radius 3 is 2.93 bits per heavy atom. The third kappa shape index (κ3) is 1.70. The highest BCUT2D eigenvalue weighted by molar-refractivity contribution is 7.79.